The highest BCUT2D eigenvalue weighted by Gasteiger charge is 2.33. The molecule has 0 spiro atoms. The zero-order valence-corrected chi connectivity index (χ0v) is 25.5. The average Bonchev–Trinajstić information content (AvgIpc) is 3.15. The molecule has 0 radical (unpaired) electrons. The van der Waals surface area contributed by atoms with E-state index < -0.39 is 5.91 Å². The first kappa shape index (κ1) is 29.7. The summed E-state index contributed by atoms with van der Waals surface area (Å²) in [5, 5.41) is 0. The number of fused-ring (bicyclic) bond motifs is 2. The summed E-state index contributed by atoms with van der Waals surface area (Å²) in [5.74, 6) is 2.75. The average molecular weight is 587 g/mol. The predicted molar refractivity (Wildman–Crippen MR) is 177 cm³/mol. The number of nitrogens with two attached hydrogens (primary N) is 1. The minimum absolute atomic E-state index is 0.234. The Hall–Kier alpha value is -4.35. The van der Waals surface area contributed by atoms with E-state index in [1.165, 1.54) is 40.7 Å². The van der Waals surface area contributed by atoms with Gasteiger partial charge in [0.05, 0.1) is 13.7 Å². The van der Waals surface area contributed by atoms with E-state index in [0.29, 0.717) is 23.8 Å². The molecule has 4 aromatic carbocycles. The van der Waals surface area contributed by atoms with Crippen LogP contribution in [0, 0.1) is 11.8 Å². The van der Waals surface area contributed by atoms with Gasteiger partial charge in [-0.2, -0.15) is 0 Å². The number of allylic oxidation sites excluding steroid dienone is 1. The van der Waals surface area contributed by atoms with Crippen LogP contribution >= 0.6 is 0 Å². The molecule has 1 fully saturated rings. The van der Waals surface area contributed by atoms with Crippen LogP contribution in [0.2, 0.25) is 0 Å². The normalized spacial score (nSPS) is 17.2. The number of carbonyl (C=O) groups is 1. The van der Waals surface area contributed by atoms with Crippen LogP contribution in [0.1, 0.15) is 57.8 Å². The number of hydrogen-bond acceptors (Lipinski definition) is 4. The Morgan fingerprint density at radius 1 is 0.886 bits per heavy atom. The number of primary amides is 1. The molecule has 1 saturated carbocycles. The van der Waals surface area contributed by atoms with E-state index in [0.717, 1.165) is 44.1 Å². The summed E-state index contributed by atoms with van der Waals surface area (Å²) < 4.78 is 11.8. The summed E-state index contributed by atoms with van der Waals surface area (Å²) in [4.78, 5) is 14.2. The molecule has 5 heteroatoms. The van der Waals surface area contributed by atoms with Crippen LogP contribution in [0.25, 0.3) is 5.57 Å². The third kappa shape index (κ3) is 7.06. The highest BCUT2D eigenvalue weighted by Crippen LogP contribution is 2.44. The maximum absolute atomic E-state index is 11.6. The Kier molecular flexibility index (Phi) is 9.43. The zero-order valence-electron chi connectivity index (χ0n) is 25.5. The van der Waals surface area contributed by atoms with E-state index >= 15 is 0 Å². The van der Waals surface area contributed by atoms with Gasteiger partial charge in [-0.25, -0.2) is 0 Å². The first-order valence-electron chi connectivity index (χ1n) is 15.8. The molecule has 0 heterocycles. The van der Waals surface area contributed by atoms with Crippen LogP contribution in [-0.2, 0) is 6.42 Å². The number of ether oxygens (including phenoxy) is 2. The first-order chi connectivity index (χ1) is 21.6. The number of nitrogens with zero attached hydrogens (tertiary/aromatic N) is 1. The molecule has 226 valence electrons. The third-order valence-corrected chi connectivity index (χ3v) is 9.28. The summed E-state index contributed by atoms with van der Waals surface area (Å²) in [6.45, 7) is 3.16. The lowest BCUT2D eigenvalue weighted by Crippen LogP contribution is -2.33. The zero-order chi connectivity index (χ0) is 30.3. The van der Waals surface area contributed by atoms with Gasteiger partial charge in [-0.3, -0.25) is 9.69 Å². The van der Waals surface area contributed by atoms with Crippen LogP contribution in [-0.4, -0.2) is 44.2 Å². The van der Waals surface area contributed by atoms with E-state index in [2.05, 4.69) is 89.8 Å². The second-order valence-electron chi connectivity index (χ2n) is 12.1. The summed E-state index contributed by atoms with van der Waals surface area (Å²) in [7, 11) is 1.75. The van der Waals surface area contributed by atoms with Crippen LogP contribution in [0.4, 0.5) is 0 Å². The molecule has 6 rings (SSSR count). The number of benzene rings is 4. The Morgan fingerprint density at radius 2 is 1.64 bits per heavy atom. The van der Waals surface area contributed by atoms with Crippen molar-refractivity contribution >= 4 is 11.5 Å². The fraction of sp³-hybridized carbons (Fsp3) is 0.308. The van der Waals surface area contributed by atoms with Gasteiger partial charge in [0.1, 0.15) is 11.5 Å². The van der Waals surface area contributed by atoms with Gasteiger partial charge in [0.25, 0.3) is 0 Å². The molecule has 2 unspecified atom stereocenters. The minimum atomic E-state index is -0.447. The highest BCUT2D eigenvalue weighted by molar-refractivity contribution is 5.93. The van der Waals surface area contributed by atoms with E-state index in [1.807, 2.05) is 12.1 Å². The van der Waals surface area contributed by atoms with Gasteiger partial charge in [-0.05, 0) is 95.7 Å². The van der Waals surface area contributed by atoms with E-state index in [9.17, 15) is 4.79 Å². The van der Waals surface area contributed by atoms with Crippen molar-refractivity contribution in [1.29, 1.82) is 0 Å². The standard InChI is InChI=1S/C39H42N2O3/c1-43-35-19-18-32-22-30-16-17-31(30)23-34(37(32)25-35)26-41(20-9-21-44-36-15-8-14-33(24-36)39(40)42)27-38(28-10-4-2-5-11-28)29-12-6-3-7-13-29/h2-8,10-15,18-19,23-25,30-31,38H,9,16-17,20-22,26-27H2,1H3,(H2,40,42). The predicted octanol–water partition coefficient (Wildman–Crippen LogP) is 7.36. The van der Waals surface area contributed by atoms with Gasteiger partial charge in [0, 0.05) is 31.1 Å². The Morgan fingerprint density at radius 3 is 2.30 bits per heavy atom. The molecule has 2 aliphatic carbocycles. The second-order valence-corrected chi connectivity index (χ2v) is 12.1. The molecule has 2 aliphatic rings. The molecule has 4 aromatic rings. The summed E-state index contributed by atoms with van der Waals surface area (Å²) in [6, 6.07) is 35.4. The van der Waals surface area contributed by atoms with Gasteiger partial charge in [0.2, 0.25) is 5.91 Å². The molecule has 0 aromatic heterocycles. The third-order valence-electron chi connectivity index (χ3n) is 9.28. The number of rotatable bonds is 13. The second kappa shape index (κ2) is 14.0. The maximum Gasteiger partial charge on any atom is 0.248 e. The lowest BCUT2D eigenvalue weighted by Gasteiger charge is -2.34. The molecule has 5 nitrogen and oxygen atoms in total. The maximum atomic E-state index is 11.6. The van der Waals surface area contributed by atoms with Crippen molar-refractivity contribution in [2.24, 2.45) is 17.6 Å². The molecule has 0 aliphatic heterocycles. The van der Waals surface area contributed by atoms with Crippen molar-refractivity contribution in [2.45, 2.75) is 31.6 Å². The van der Waals surface area contributed by atoms with Crippen LogP contribution in [0.5, 0.6) is 11.5 Å². The number of amides is 1. The molecular weight excluding hydrogens is 544 g/mol. The first-order valence-corrected chi connectivity index (χ1v) is 15.8. The summed E-state index contributed by atoms with van der Waals surface area (Å²) in [6.07, 6.45) is 7.13. The van der Waals surface area contributed by atoms with Crippen molar-refractivity contribution in [3.8, 4) is 11.5 Å². The largest absolute Gasteiger partial charge is 0.497 e. The van der Waals surface area contributed by atoms with Crippen molar-refractivity contribution in [3.05, 3.63) is 137 Å². The SMILES string of the molecule is COc1ccc2c(c1)C(CN(CCCOc1cccc(C(N)=O)c1)CC(c1ccccc1)c1ccccc1)=CC1CCC1C2. The van der Waals surface area contributed by atoms with E-state index in [1.54, 1.807) is 19.2 Å². The van der Waals surface area contributed by atoms with Crippen molar-refractivity contribution in [2.75, 3.05) is 33.4 Å². The summed E-state index contributed by atoms with van der Waals surface area (Å²) >= 11 is 0. The van der Waals surface area contributed by atoms with Gasteiger partial charge in [-0.1, -0.05) is 78.9 Å². The minimum Gasteiger partial charge on any atom is -0.497 e. The van der Waals surface area contributed by atoms with Gasteiger partial charge in [0.15, 0.2) is 0 Å². The van der Waals surface area contributed by atoms with E-state index in [4.69, 9.17) is 15.2 Å². The monoisotopic (exact) mass is 586 g/mol. The lowest BCUT2D eigenvalue weighted by molar-refractivity contribution is 0.0999. The quantitative estimate of drug-likeness (QED) is 0.166. The topological polar surface area (TPSA) is 64.8 Å². The molecule has 0 bridgehead atoms. The highest BCUT2D eigenvalue weighted by atomic mass is 16.5. The number of carbonyl (C=O) groups excluding carboxylic acids is 1. The lowest BCUT2D eigenvalue weighted by atomic mass is 9.71. The number of methoxy groups -OCH3 is 1. The Bertz CT molecular complexity index is 1540. The van der Waals surface area contributed by atoms with Gasteiger partial charge < -0.3 is 15.2 Å². The molecule has 1 amide bonds. The van der Waals surface area contributed by atoms with Crippen molar-refractivity contribution in [1.82, 2.24) is 4.90 Å². The fourth-order valence-electron chi connectivity index (χ4n) is 6.72. The molecule has 44 heavy (non-hydrogen) atoms. The van der Waals surface area contributed by atoms with Crippen LogP contribution in [0.3, 0.4) is 0 Å². The van der Waals surface area contributed by atoms with Gasteiger partial charge >= 0.3 is 0 Å². The van der Waals surface area contributed by atoms with E-state index in [-0.39, 0.29) is 5.92 Å². The Labute approximate surface area is 261 Å². The molecule has 2 atom stereocenters. The smallest absolute Gasteiger partial charge is 0.248 e. The van der Waals surface area contributed by atoms with Crippen molar-refractivity contribution in [3.63, 3.8) is 0 Å². The van der Waals surface area contributed by atoms with Crippen LogP contribution in [0.15, 0.2) is 109 Å². The Balaban J connectivity index is 1.27. The molecular formula is C39H42N2O3. The van der Waals surface area contributed by atoms with Crippen molar-refractivity contribution < 1.29 is 14.3 Å². The fourth-order valence-corrected chi connectivity index (χ4v) is 6.72. The molecule has 2 N–H and O–H groups in total. The number of hydrogen-bond donors (Lipinski definition) is 1. The van der Waals surface area contributed by atoms with Gasteiger partial charge in [-0.15, -0.1) is 0 Å². The molecule has 0 saturated heterocycles. The summed E-state index contributed by atoms with van der Waals surface area (Å²) in [5.41, 5.74) is 12.7. The van der Waals surface area contributed by atoms with Crippen LogP contribution < -0.4 is 15.2 Å².